The van der Waals surface area contributed by atoms with Crippen LogP contribution in [0.2, 0.25) is 10.0 Å². The van der Waals surface area contributed by atoms with Gasteiger partial charge in [0.05, 0.1) is 29.1 Å². The molecule has 140 valence electrons. The fraction of sp³-hybridized carbons (Fsp3) is 0.200. The molecule has 0 atom stereocenters. The van der Waals surface area contributed by atoms with Crippen molar-refractivity contribution < 1.29 is 4.74 Å². The van der Waals surface area contributed by atoms with Crippen molar-refractivity contribution in [1.82, 2.24) is 4.98 Å². The third kappa shape index (κ3) is 4.43. The normalized spacial score (nSPS) is 11.2. The molecule has 0 bridgehead atoms. The molecule has 0 spiro atoms. The molecule has 27 heavy (non-hydrogen) atoms. The number of methoxy groups -OCH3 is 1. The molecule has 7 heteroatoms. The van der Waals surface area contributed by atoms with E-state index in [9.17, 15) is 0 Å². The van der Waals surface area contributed by atoms with Gasteiger partial charge in [-0.05, 0) is 49.6 Å². The number of halogens is 2. The first-order valence-electron chi connectivity index (χ1n) is 8.25. The van der Waals surface area contributed by atoms with E-state index in [4.69, 9.17) is 27.9 Å². The number of nitrogens with one attached hydrogen (secondary N) is 1. The Labute approximate surface area is 172 Å². The number of rotatable bonds is 5. The Bertz CT molecular complexity index is 968. The number of ether oxygens (including phenoxy) is 1. The van der Waals surface area contributed by atoms with Gasteiger partial charge in [0.2, 0.25) is 5.13 Å². The van der Waals surface area contributed by atoms with Gasteiger partial charge in [-0.1, -0.05) is 40.9 Å². The molecule has 1 aromatic heterocycles. The molecule has 0 unspecified atom stereocenters. The van der Waals surface area contributed by atoms with Crippen molar-refractivity contribution in [3.05, 3.63) is 61.9 Å². The Hall–Kier alpha value is -2.08. The summed E-state index contributed by atoms with van der Waals surface area (Å²) in [4.78, 5) is 4.65. The molecule has 0 fully saturated rings. The molecular weight excluding hydrogens is 401 g/mol. The van der Waals surface area contributed by atoms with E-state index in [-0.39, 0.29) is 0 Å². The topological polar surface area (TPSA) is 46.5 Å². The van der Waals surface area contributed by atoms with Crippen LogP contribution in [-0.4, -0.2) is 18.3 Å². The zero-order valence-electron chi connectivity index (χ0n) is 15.4. The molecule has 3 rings (SSSR count). The first-order valence-corrected chi connectivity index (χ1v) is 9.88. The number of aromatic nitrogens is 1. The van der Waals surface area contributed by atoms with Crippen molar-refractivity contribution in [2.24, 2.45) is 5.10 Å². The van der Waals surface area contributed by atoms with Gasteiger partial charge in [-0.3, -0.25) is 5.43 Å². The predicted molar refractivity (Wildman–Crippen MR) is 116 cm³/mol. The van der Waals surface area contributed by atoms with E-state index in [1.807, 2.05) is 5.38 Å². The molecule has 1 heterocycles. The summed E-state index contributed by atoms with van der Waals surface area (Å²) in [6.45, 7) is 6.32. The quantitative estimate of drug-likeness (QED) is 0.379. The number of anilines is 1. The van der Waals surface area contributed by atoms with Gasteiger partial charge in [-0.25, -0.2) is 4.98 Å². The summed E-state index contributed by atoms with van der Waals surface area (Å²) in [5.41, 5.74) is 9.53. The summed E-state index contributed by atoms with van der Waals surface area (Å²) in [5, 5.41) is 7.85. The maximum absolute atomic E-state index is 6.14. The number of hydrogen-bond acceptors (Lipinski definition) is 5. The summed E-state index contributed by atoms with van der Waals surface area (Å²) >= 11 is 13.8. The molecule has 0 amide bonds. The van der Waals surface area contributed by atoms with E-state index in [0.29, 0.717) is 20.9 Å². The summed E-state index contributed by atoms with van der Waals surface area (Å²) in [6, 6.07) is 7.82. The van der Waals surface area contributed by atoms with Crippen LogP contribution in [0.25, 0.3) is 11.3 Å². The van der Waals surface area contributed by atoms with Gasteiger partial charge >= 0.3 is 0 Å². The standard InChI is InChI=1S/C20H19Cl2N3OS/c1-11-5-12(2)18(13(3)6-11)17-10-27-20(24-17)25-23-9-14-7-15(21)19(26-4)16(22)8-14/h5-10H,1-4H3,(H,24,25)/b23-9-. The lowest BCUT2D eigenvalue weighted by molar-refractivity contribution is 0.415. The van der Waals surface area contributed by atoms with Crippen LogP contribution in [0.15, 0.2) is 34.7 Å². The first-order chi connectivity index (χ1) is 12.9. The average molecular weight is 420 g/mol. The van der Waals surface area contributed by atoms with Crippen LogP contribution in [0.1, 0.15) is 22.3 Å². The van der Waals surface area contributed by atoms with Crippen LogP contribution < -0.4 is 10.2 Å². The van der Waals surface area contributed by atoms with Crippen molar-refractivity contribution in [2.45, 2.75) is 20.8 Å². The maximum atomic E-state index is 6.14. The molecule has 0 saturated heterocycles. The smallest absolute Gasteiger partial charge is 0.203 e. The van der Waals surface area contributed by atoms with Crippen molar-refractivity contribution in [1.29, 1.82) is 0 Å². The Morgan fingerprint density at radius 3 is 2.30 bits per heavy atom. The van der Waals surface area contributed by atoms with E-state index < -0.39 is 0 Å². The number of benzene rings is 2. The van der Waals surface area contributed by atoms with Crippen LogP contribution in [0.4, 0.5) is 5.13 Å². The zero-order valence-corrected chi connectivity index (χ0v) is 17.8. The highest BCUT2D eigenvalue weighted by molar-refractivity contribution is 7.14. The Balaban J connectivity index is 1.77. The summed E-state index contributed by atoms with van der Waals surface area (Å²) in [5.74, 6) is 0.455. The molecule has 4 nitrogen and oxygen atoms in total. The van der Waals surface area contributed by atoms with Crippen molar-refractivity contribution in [2.75, 3.05) is 12.5 Å². The van der Waals surface area contributed by atoms with E-state index in [1.165, 1.54) is 40.7 Å². The lowest BCUT2D eigenvalue weighted by atomic mass is 9.98. The van der Waals surface area contributed by atoms with Crippen molar-refractivity contribution in [3.8, 4) is 17.0 Å². The molecule has 3 aromatic rings. The second kappa shape index (κ2) is 8.30. The highest BCUT2D eigenvalue weighted by Gasteiger charge is 2.11. The molecular formula is C20H19Cl2N3OS. The third-order valence-corrected chi connectivity index (χ3v) is 5.34. The SMILES string of the molecule is COc1c(Cl)cc(/C=N\Nc2nc(-c3c(C)cc(C)cc3C)cs2)cc1Cl. The first kappa shape index (κ1) is 19.7. The van der Waals surface area contributed by atoms with Gasteiger partial charge in [0.1, 0.15) is 0 Å². The van der Waals surface area contributed by atoms with Crippen LogP contribution in [0.5, 0.6) is 5.75 Å². The predicted octanol–water partition coefficient (Wildman–Crippen LogP) is 6.50. The van der Waals surface area contributed by atoms with Gasteiger partial charge in [0, 0.05) is 10.9 Å². The number of nitrogens with zero attached hydrogens (tertiary/aromatic N) is 2. The monoisotopic (exact) mass is 419 g/mol. The van der Waals surface area contributed by atoms with Crippen LogP contribution in [0, 0.1) is 20.8 Å². The number of aryl methyl sites for hydroxylation is 3. The summed E-state index contributed by atoms with van der Waals surface area (Å²) in [7, 11) is 1.53. The lowest BCUT2D eigenvalue weighted by Crippen LogP contribution is -1.93. The number of hydrazone groups is 1. The van der Waals surface area contributed by atoms with E-state index in [1.54, 1.807) is 18.3 Å². The molecule has 0 radical (unpaired) electrons. The number of thiazole rings is 1. The van der Waals surface area contributed by atoms with Crippen LogP contribution in [0.3, 0.4) is 0 Å². The summed E-state index contributed by atoms with van der Waals surface area (Å²) < 4.78 is 5.14. The molecule has 2 aromatic carbocycles. The minimum atomic E-state index is 0.438. The largest absolute Gasteiger partial charge is 0.494 e. The highest BCUT2D eigenvalue weighted by Crippen LogP contribution is 2.33. The zero-order chi connectivity index (χ0) is 19.6. The third-order valence-electron chi connectivity index (χ3n) is 4.04. The maximum Gasteiger partial charge on any atom is 0.203 e. The van der Waals surface area contributed by atoms with Gasteiger partial charge in [-0.15, -0.1) is 11.3 Å². The molecule has 0 saturated carbocycles. The molecule has 0 aliphatic carbocycles. The van der Waals surface area contributed by atoms with Crippen LogP contribution >= 0.6 is 34.5 Å². The lowest BCUT2D eigenvalue weighted by Gasteiger charge is -2.08. The van der Waals surface area contributed by atoms with Gasteiger partial charge in [-0.2, -0.15) is 5.10 Å². The molecule has 0 aliphatic heterocycles. The second-order valence-electron chi connectivity index (χ2n) is 6.20. The van der Waals surface area contributed by atoms with Crippen LogP contribution in [-0.2, 0) is 0 Å². The Morgan fingerprint density at radius 2 is 1.70 bits per heavy atom. The van der Waals surface area contributed by atoms with Gasteiger partial charge in [0.25, 0.3) is 0 Å². The highest BCUT2D eigenvalue weighted by atomic mass is 35.5. The fourth-order valence-electron chi connectivity index (χ4n) is 3.04. The second-order valence-corrected chi connectivity index (χ2v) is 7.87. The minimum Gasteiger partial charge on any atom is -0.494 e. The minimum absolute atomic E-state index is 0.438. The van der Waals surface area contributed by atoms with Crippen molar-refractivity contribution >= 4 is 45.9 Å². The Kier molecular flexibility index (Phi) is 6.05. The van der Waals surface area contributed by atoms with Crippen molar-refractivity contribution in [3.63, 3.8) is 0 Å². The molecule has 1 N–H and O–H groups in total. The van der Waals surface area contributed by atoms with E-state index in [2.05, 4.69) is 48.4 Å². The average Bonchev–Trinajstić information content (AvgIpc) is 3.02. The van der Waals surface area contributed by atoms with E-state index >= 15 is 0 Å². The van der Waals surface area contributed by atoms with E-state index in [0.717, 1.165) is 11.3 Å². The summed E-state index contributed by atoms with van der Waals surface area (Å²) in [6.07, 6.45) is 1.64. The Morgan fingerprint density at radius 1 is 1.07 bits per heavy atom. The molecule has 0 aliphatic rings. The van der Waals surface area contributed by atoms with Gasteiger partial charge < -0.3 is 4.74 Å². The van der Waals surface area contributed by atoms with Gasteiger partial charge in [0.15, 0.2) is 5.75 Å². The fourth-order valence-corrected chi connectivity index (χ4v) is 4.34. The number of hydrogen-bond donors (Lipinski definition) is 1.